The van der Waals surface area contributed by atoms with Crippen molar-refractivity contribution in [2.45, 2.75) is 52.6 Å². The van der Waals surface area contributed by atoms with Gasteiger partial charge in [0.2, 0.25) is 0 Å². The zero-order valence-corrected chi connectivity index (χ0v) is 19.3. The molecule has 154 valence electrons. The Hall–Kier alpha value is -1.35. The summed E-state index contributed by atoms with van der Waals surface area (Å²) in [5.74, 6) is 0.730. The fraction of sp³-hybridized carbons (Fsp3) is 0.600. The van der Waals surface area contributed by atoms with E-state index in [4.69, 9.17) is 4.74 Å². The molecule has 0 heterocycles. The maximum atomic E-state index is 12.2. The molecule has 0 aliphatic carbocycles. The van der Waals surface area contributed by atoms with Gasteiger partial charge in [-0.15, -0.1) is 24.0 Å². The molecule has 7 heteroatoms. The number of carbonyl (C=O) groups excluding carboxylic acids is 1. The van der Waals surface area contributed by atoms with Crippen LogP contribution < -0.4 is 16.0 Å². The SMILES string of the molecule is CCOCCCCNC(=NC)NCc1cccc(C(=O)NC(C)CC)c1.I. The second-order valence-electron chi connectivity index (χ2n) is 6.24. The van der Waals surface area contributed by atoms with E-state index in [-0.39, 0.29) is 35.9 Å². The van der Waals surface area contributed by atoms with Crippen molar-refractivity contribution in [2.24, 2.45) is 4.99 Å². The van der Waals surface area contributed by atoms with Crippen LogP contribution in [-0.2, 0) is 11.3 Å². The number of nitrogens with zero attached hydrogens (tertiary/aromatic N) is 1. The molecule has 0 aromatic heterocycles. The summed E-state index contributed by atoms with van der Waals surface area (Å²) in [6.45, 7) is 9.11. The molecule has 6 nitrogen and oxygen atoms in total. The van der Waals surface area contributed by atoms with Gasteiger partial charge in [-0.3, -0.25) is 9.79 Å². The minimum absolute atomic E-state index is 0. The third kappa shape index (κ3) is 11.2. The third-order valence-corrected chi connectivity index (χ3v) is 4.07. The largest absolute Gasteiger partial charge is 0.382 e. The summed E-state index contributed by atoms with van der Waals surface area (Å²) in [5.41, 5.74) is 1.73. The fourth-order valence-corrected chi connectivity index (χ4v) is 2.32. The Kier molecular flexibility index (Phi) is 14.9. The van der Waals surface area contributed by atoms with E-state index in [0.29, 0.717) is 12.1 Å². The number of carbonyl (C=O) groups is 1. The molecule has 0 saturated carbocycles. The standard InChI is InChI=1S/C20H34N4O2.HI/c1-5-16(3)24-19(25)18-11-9-10-17(14-18)15-23-20(21-4)22-12-7-8-13-26-6-2;/h9-11,14,16H,5-8,12-13,15H2,1-4H3,(H,24,25)(H2,21,22,23);1H. The molecule has 1 unspecified atom stereocenters. The Bertz CT molecular complexity index is 567. The van der Waals surface area contributed by atoms with Crippen LogP contribution in [0.1, 0.15) is 56.0 Å². The molecule has 0 spiro atoms. The molecule has 3 N–H and O–H groups in total. The van der Waals surface area contributed by atoms with Gasteiger partial charge in [0.1, 0.15) is 0 Å². The second kappa shape index (κ2) is 15.7. The van der Waals surface area contributed by atoms with Crippen molar-refractivity contribution in [1.29, 1.82) is 0 Å². The number of guanidine groups is 1. The van der Waals surface area contributed by atoms with Gasteiger partial charge in [0.25, 0.3) is 5.91 Å². The van der Waals surface area contributed by atoms with Crippen molar-refractivity contribution in [2.75, 3.05) is 26.8 Å². The molecule has 1 aromatic carbocycles. The maximum Gasteiger partial charge on any atom is 0.251 e. The smallest absolute Gasteiger partial charge is 0.251 e. The van der Waals surface area contributed by atoms with Crippen molar-refractivity contribution in [1.82, 2.24) is 16.0 Å². The zero-order valence-electron chi connectivity index (χ0n) is 17.0. The molecular weight excluding hydrogens is 455 g/mol. The van der Waals surface area contributed by atoms with Gasteiger partial charge in [0.05, 0.1) is 0 Å². The molecule has 0 radical (unpaired) electrons. The lowest BCUT2D eigenvalue weighted by Crippen LogP contribution is -2.37. The van der Waals surface area contributed by atoms with Gasteiger partial charge in [-0.05, 0) is 50.8 Å². The summed E-state index contributed by atoms with van der Waals surface area (Å²) in [6, 6.07) is 7.84. The van der Waals surface area contributed by atoms with E-state index in [1.54, 1.807) is 7.05 Å². The normalized spacial score (nSPS) is 12.1. The fourth-order valence-electron chi connectivity index (χ4n) is 2.32. The average Bonchev–Trinajstić information content (AvgIpc) is 2.66. The van der Waals surface area contributed by atoms with Crippen LogP contribution in [0.3, 0.4) is 0 Å². The number of amides is 1. The average molecular weight is 490 g/mol. The topological polar surface area (TPSA) is 74.8 Å². The molecule has 1 aromatic rings. The number of benzene rings is 1. The van der Waals surface area contributed by atoms with E-state index >= 15 is 0 Å². The number of unbranched alkanes of at least 4 members (excludes halogenated alkanes) is 1. The first kappa shape index (κ1) is 25.6. The lowest BCUT2D eigenvalue weighted by molar-refractivity contribution is 0.0939. The molecule has 1 atom stereocenters. The number of ether oxygens (including phenoxy) is 1. The highest BCUT2D eigenvalue weighted by atomic mass is 127. The number of hydrogen-bond donors (Lipinski definition) is 3. The Morgan fingerprint density at radius 2 is 2.00 bits per heavy atom. The van der Waals surface area contributed by atoms with E-state index < -0.39 is 0 Å². The number of halogens is 1. The van der Waals surface area contributed by atoms with Crippen LogP contribution in [0, 0.1) is 0 Å². The Morgan fingerprint density at radius 3 is 2.67 bits per heavy atom. The maximum absolute atomic E-state index is 12.2. The monoisotopic (exact) mass is 490 g/mol. The summed E-state index contributed by atoms with van der Waals surface area (Å²) in [5, 5.41) is 9.57. The van der Waals surface area contributed by atoms with Gasteiger partial charge in [-0.25, -0.2) is 0 Å². The highest BCUT2D eigenvalue weighted by Gasteiger charge is 2.09. The van der Waals surface area contributed by atoms with E-state index in [1.807, 2.05) is 38.1 Å². The van der Waals surface area contributed by atoms with Gasteiger partial charge in [-0.2, -0.15) is 0 Å². The zero-order chi connectivity index (χ0) is 19.2. The second-order valence-corrected chi connectivity index (χ2v) is 6.24. The van der Waals surface area contributed by atoms with E-state index in [1.165, 1.54) is 0 Å². The van der Waals surface area contributed by atoms with E-state index in [2.05, 4.69) is 27.9 Å². The van der Waals surface area contributed by atoms with Gasteiger partial charge < -0.3 is 20.7 Å². The molecule has 0 aliphatic heterocycles. The first-order valence-corrected chi connectivity index (χ1v) is 9.52. The Balaban J connectivity index is 0.00000676. The number of rotatable bonds is 11. The predicted octanol–water partition coefficient (Wildman–Crippen LogP) is 3.31. The number of hydrogen-bond acceptors (Lipinski definition) is 3. The van der Waals surface area contributed by atoms with E-state index in [9.17, 15) is 4.79 Å². The molecule has 27 heavy (non-hydrogen) atoms. The summed E-state index contributed by atoms with van der Waals surface area (Å²) in [7, 11) is 1.76. The first-order valence-electron chi connectivity index (χ1n) is 9.52. The van der Waals surface area contributed by atoms with Crippen molar-refractivity contribution in [3.63, 3.8) is 0 Å². The summed E-state index contributed by atoms with van der Waals surface area (Å²) < 4.78 is 5.33. The lowest BCUT2D eigenvalue weighted by atomic mass is 10.1. The minimum atomic E-state index is -0.0296. The van der Waals surface area contributed by atoms with Crippen LogP contribution in [0.4, 0.5) is 0 Å². The van der Waals surface area contributed by atoms with Gasteiger partial charge in [0.15, 0.2) is 5.96 Å². The van der Waals surface area contributed by atoms with Crippen LogP contribution in [0.15, 0.2) is 29.3 Å². The highest BCUT2D eigenvalue weighted by Crippen LogP contribution is 2.06. The minimum Gasteiger partial charge on any atom is -0.382 e. The summed E-state index contributed by atoms with van der Waals surface area (Å²) in [4.78, 5) is 16.5. The lowest BCUT2D eigenvalue weighted by Gasteiger charge is -2.14. The molecule has 0 fully saturated rings. The van der Waals surface area contributed by atoms with Gasteiger partial charge in [0, 0.05) is 45.0 Å². The van der Waals surface area contributed by atoms with Crippen molar-refractivity contribution in [3.8, 4) is 0 Å². The van der Waals surface area contributed by atoms with Crippen molar-refractivity contribution >= 4 is 35.8 Å². The first-order chi connectivity index (χ1) is 12.6. The van der Waals surface area contributed by atoms with Crippen molar-refractivity contribution in [3.05, 3.63) is 35.4 Å². The van der Waals surface area contributed by atoms with Gasteiger partial charge >= 0.3 is 0 Å². The van der Waals surface area contributed by atoms with Gasteiger partial charge in [-0.1, -0.05) is 19.1 Å². The third-order valence-electron chi connectivity index (χ3n) is 4.07. The Labute approximate surface area is 181 Å². The summed E-state index contributed by atoms with van der Waals surface area (Å²) >= 11 is 0. The molecule has 1 rings (SSSR count). The van der Waals surface area contributed by atoms with Crippen LogP contribution in [0.5, 0.6) is 0 Å². The number of aliphatic imine (C=N–C) groups is 1. The predicted molar refractivity (Wildman–Crippen MR) is 123 cm³/mol. The molecular formula is C20H35IN4O2. The highest BCUT2D eigenvalue weighted by molar-refractivity contribution is 14.0. The van der Waals surface area contributed by atoms with Crippen LogP contribution in [-0.4, -0.2) is 44.7 Å². The van der Waals surface area contributed by atoms with Crippen LogP contribution >= 0.6 is 24.0 Å². The molecule has 0 bridgehead atoms. The van der Waals surface area contributed by atoms with E-state index in [0.717, 1.165) is 50.5 Å². The molecule has 1 amide bonds. The van der Waals surface area contributed by atoms with Crippen LogP contribution in [0.25, 0.3) is 0 Å². The molecule has 0 aliphatic rings. The van der Waals surface area contributed by atoms with Crippen molar-refractivity contribution < 1.29 is 9.53 Å². The molecule has 0 saturated heterocycles. The summed E-state index contributed by atoms with van der Waals surface area (Å²) in [6.07, 6.45) is 2.98. The van der Waals surface area contributed by atoms with Crippen LogP contribution in [0.2, 0.25) is 0 Å². The number of nitrogens with one attached hydrogen (secondary N) is 3. The Morgan fingerprint density at radius 1 is 1.22 bits per heavy atom. The quantitative estimate of drug-likeness (QED) is 0.193.